The summed E-state index contributed by atoms with van der Waals surface area (Å²) in [5.41, 5.74) is 6.82. The molecule has 19 heavy (non-hydrogen) atoms. The quantitative estimate of drug-likeness (QED) is 0.920. The normalized spacial score (nSPS) is 17.6. The van der Waals surface area contributed by atoms with Gasteiger partial charge in [0.15, 0.2) is 6.61 Å². The van der Waals surface area contributed by atoms with Crippen LogP contribution in [0.3, 0.4) is 0 Å². The number of hydrogen-bond donors (Lipinski definition) is 1. The Labute approximate surface area is 110 Å². The number of alkyl halides is 3. The zero-order valence-corrected chi connectivity index (χ0v) is 10.5. The molecular formula is C13H17F3N2O. The summed E-state index contributed by atoms with van der Waals surface area (Å²) in [4.78, 5) is 2.18. The Balaban J connectivity index is 1.91. The molecule has 1 fully saturated rings. The molecule has 1 aliphatic rings. The highest BCUT2D eigenvalue weighted by Crippen LogP contribution is 2.24. The second-order valence-corrected chi connectivity index (χ2v) is 4.72. The molecule has 6 heteroatoms. The van der Waals surface area contributed by atoms with E-state index in [0.29, 0.717) is 0 Å². The fraction of sp³-hybridized carbons (Fsp3) is 0.538. The lowest BCUT2D eigenvalue weighted by Gasteiger charge is -2.32. The highest BCUT2D eigenvalue weighted by atomic mass is 19.4. The minimum atomic E-state index is -4.30. The second-order valence-electron chi connectivity index (χ2n) is 4.72. The van der Waals surface area contributed by atoms with E-state index in [4.69, 9.17) is 5.73 Å². The van der Waals surface area contributed by atoms with Gasteiger partial charge in [-0.05, 0) is 37.1 Å². The molecule has 1 aliphatic heterocycles. The fourth-order valence-electron chi connectivity index (χ4n) is 2.08. The van der Waals surface area contributed by atoms with Gasteiger partial charge in [-0.3, -0.25) is 0 Å². The first-order valence-corrected chi connectivity index (χ1v) is 6.24. The standard InChI is InChI=1S/C13H17F3N2O/c14-13(15,16)9-19-12-3-1-11(2-4-12)18-7-5-10(17)6-8-18/h1-4,10H,5-9,17H2. The Hall–Kier alpha value is -1.43. The van der Waals surface area contributed by atoms with E-state index in [9.17, 15) is 13.2 Å². The molecule has 0 radical (unpaired) electrons. The van der Waals surface area contributed by atoms with Crippen LogP contribution < -0.4 is 15.4 Å². The average molecular weight is 274 g/mol. The molecule has 1 saturated heterocycles. The number of halogens is 3. The van der Waals surface area contributed by atoms with Crippen molar-refractivity contribution in [1.29, 1.82) is 0 Å². The highest BCUT2D eigenvalue weighted by molar-refractivity contribution is 5.49. The third-order valence-corrected chi connectivity index (χ3v) is 3.14. The van der Waals surface area contributed by atoms with Crippen LogP contribution in [0.1, 0.15) is 12.8 Å². The van der Waals surface area contributed by atoms with Gasteiger partial charge in [-0.1, -0.05) is 0 Å². The van der Waals surface area contributed by atoms with Crippen LogP contribution in [0.4, 0.5) is 18.9 Å². The summed E-state index contributed by atoms with van der Waals surface area (Å²) in [5, 5.41) is 0. The largest absolute Gasteiger partial charge is 0.484 e. The van der Waals surface area contributed by atoms with E-state index in [1.807, 2.05) is 0 Å². The number of ether oxygens (including phenoxy) is 1. The lowest BCUT2D eigenvalue weighted by molar-refractivity contribution is -0.153. The lowest BCUT2D eigenvalue weighted by atomic mass is 10.1. The van der Waals surface area contributed by atoms with E-state index >= 15 is 0 Å². The number of piperidine rings is 1. The molecule has 0 unspecified atom stereocenters. The highest BCUT2D eigenvalue weighted by Gasteiger charge is 2.28. The molecule has 2 rings (SSSR count). The van der Waals surface area contributed by atoms with Gasteiger partial charge in [0.25, 0.3) is 0 Å². The Kier molecular flexibility index (Phi) is 4.19. The van der Waals surface area contributed by atoms with Gasteiger partial charge in [0.05, 0.1) is 0 Å². The van der Waals surface area contributed by atoms with E-state index in [-0.39, 0.29) is 11.8 Å². The molecule has 0 aliphatic carbocycles. The van der Waals surface area contributed by atoms with Crippen LogP contribution in [0.5, 0.6) is 5.75 Å². The number of rotatable bonds is 3. The van der Waals surface area contributed by atoms with E-state index in [2.05, 4.69) is 9.64 Å². The number of hydrogen-bond acceptors (Lipinski definition) is 3. The van der Waals surface area contributed by atoms with Crippen LogP contribution in [-0.2, 0) is 0 Å². The molecule has 0 aromatic heterocycles. The van der Waals surface area contributed by atoms with E-state index in [0.717, 1.165) is 31.6 Å². The van der Waals surface area contributed by atoms with Gasteiger partial charge in [-0.25, -0.2) is 0 Å². The third kappa shape index (κ3) is 4.31. The number of nitrogens with two attached hydrogens (primary N) is 1. The molecule has 1 aromatic carbocycles. The molecule has 0 bridgehead atoms. The third-order valence-electron chi connectivity index (χ3n) is 3.14. The van der Waals surface area contributed by atoms with Crippen molar-refractivity contribution in [1.82, 2.24) is 0 Å². The predicted octanol–water partition coefficient (Wildman–Crippen LogP) is 2.56. The van der Waals surface area contributed by atoms with Crippen LogP contribution >= 0.6 is 0 Å². The summed E-state index contributed by atoms with van der Waals surface area (Å²) < 4.78 is 40.7. The van der Waals surface area contributed by atoms with Gasteiger partial charge in [0, 0.05) is 24.8 Å². The number of anilines is 1. The van der Waals surface area contributed by atoms with Crippen molar-refractivity contribution < 1.29 is 17.9 Å². The van der Waals surface area contributed by atoms with Crippen molar-refractivity contribution in [3.8, 4) is 5.75 Å². The maximum absolute atomic E-state index is 12.0. The van der Waals surface area contributed by atoms with Crippen molar-refractivity contribution in [2.75, 3.05) is 24.6 Å². The van der Waals surface area contributed by atoms with Crippen LogP contribution in [-0.4, -0.2) is 31.9 Å². The molecule has 2 N–H and O–H groups in total. The number of nitrogens with zero attached hydrogens (tertiary/aromatic N) is 1. The summed E-state index contributed by atoms with van der Waals surface area (Å²) in [6.07, 6.45) is -2.43. The first kappa shape index (κ1) is 14.0. The van der Waals surface area contributed by atoms with E-state index in [1.54, 1.807) is 24.3 Å². The molecule has 0 atom stereocenters. The average Bonchev–Trinajstić information content (AvgIpc) is 2.37. The lowest BCUT2D eigenvalue weighted by Crippen LogP contribution is -2.39. The summed E-state index contributed by atoms with van der Waals surface area (Å²) in [6, 6.07) is 6.95. The maximum atomic E-state index is 12.0. The van der Waals surface area contributed by atoms with Crippen LogP contribution in [0.2, 0.25) is 0 Å². The Morgan fingerprint density at radius 1 is 1.16 bits per heavy atom. The second kappa shape index (κ2) is 5.69. The topological polar surface area (TPSA) is 38.5 Å². The van der Waals surface area contributed by atoms with Gasteiger partial charge < -0.3 is 15.4 Å². The maximum Gasteiger partial charge on any atom is 0.422 e. The molecule has 1 aromatic rings. The monoisotopic (exact) mass is 274 g/mol. The smallest absolute Gasteiger partial charge is 0.422 e. The van der Waals surface area contributed by atoms with Crippen molar-refractivity contribution >= 4 is 5.69 Å². The van der Waals surface area contributed by atoms with Gasteiger partial charge in [-0.15, -0.1) is 0 Å². The van der Waals surface area contributed by atoms with Crippen LogP contribution in [0, 0.1) is 0 Å². The summed E-state index contributed by atoms with van der Waals surface area (Å²) in [5.74, 6) is 0.231. The molecule has 106 valence electrons. The SMILES string of the molecule is NC1CCN(c2ccc(OCC(F)(F)F)cc2)CC1. The van der Waals surface area contributed by atoms with Crippen molar-refractivity contribution in [2.45, 2.75) is 25.1 Å². The summed E-state index contributed by atoms with van der Waals surface area (Å²) >= 11 is 0. The van der Waals surface area contributed by atoms with Crippen molar-refractivity contribution in [3.05, 3.63) is 24.3 Å². The minimum Gasteiger partial charge on any atom is -0.484 e. The van der Waals surface area contributed by atoms with Gasteiger partial charge in [-0.2, -0.15) is 13.2 Å². The molecule has 1 heterocycles. The fourth-order valence-corrected chi connectivity index (χ4v) is 2.08. The van der Waals surface area contributed by atoms with Gasteiger partial charge >= 0.3 is 6.18 Å². The van der Waals surface area contributed by atoms with Crippen molar-refractivity contribution in [3.63, 3.8) is 0 Å². The predicted molar refractivity (Wildman–Crippen MR) is 67.4 cm³/mol. The Morgan fingerprint density at radius 2 is 1.74 bits per heavy atom. The molecule has 0 saturated carbocycles. The molecule has 3 nitrogen and oxygen atoms in total. The number of benzene rings is 1. The van der Waals surface area contributed by atoms with E-state index in [1.165, 1.54) is 0 Å². The zero-order chi connectivity index (χ0) is 13.9. The molecule has 0 spiro atoms. The molecular weight excluding hydrogens is 257 g/mol. The Bertz CT molecular complexity index is 397. The van der Waals surface area contributed by atoms with Crippen molar-refractivity contribution in [2.24, 2.45) is 5.73 Å². The van der Waals surface area contributed by atoms with E-state index < -0.39 is 12.8 Å². The Morgan fingerprint density at radius 3 is 2.26 bits per heavy atom. The first-order valence-electron chi connectivity index (χ1n) is 6.24. The summed E-state index contributed by atoms with van der Waals surface area (Å²) in [7, 11) is 0. The van der Waals surface area contributed by atoms with Crippen LogP contribution in [0.15, 0.2) is 24.3 Å². The van der Waals surface area contributed by atoms with Crippen LogP contribution in [0.25, 0.3) is 0 Å². The van der Waals surface area contributed by atoms with Gasteiger partial charge in [0.1, 0.15) is 5.75 Å². The molecule has 0 amide bonds. The van der Waals surface area contributed by atoms with Gasteiger partial charge in [0.2, 0.25) is 0 Å². The first-order chi connectivity index (χ1) is 8.94. The minimum absolute atomic E-state index is 0.231. The summed E-state index contributed by atoms with van der Waals surface area (Å²) in [6.45, 7) is 0.499. The zero-order valence-electron chi connectivity index (χ0n) is 10.5.